The molecule has 192 valence electrons. The fourth-order valence-corrected chi connectivity index (χ4v) is 3.77. The van der Waals surface area contributed by atoms with Crippen molar-refractivity contribution >= 4 is 29.7 Å². The average molecular weight is 514 g/mol. The monoisotopic (exact) mass is 513 g/mol. The first-order chi connectivity index (χ1) is 17.5. The first-order valence-corrected chi connectivity index (χ1v) is 12.0. The lowest BCUT2D eigenvalue weighted by Gasteiger charge is -2.17. The zero-order valence-electron chi connectivity index (χ0n) is 20.3. The summed E-state index contributed by atoms with van der Waals surface area (Å²) in [4.78, 5) is 22.7. The van der Waals surface area contributed by atoms with Gasteiger partial charge in [0, 0.05) is 33.6 Å². The van der Waals surface area contributed by atoms with Crippen molar-refractivity contribution in [2.45, 2.75) is 6.92 Å². The van der Waals surface area contributed by atoms with E-state index in [4.69, 9.17) is 14.3 Å². The van der Waals surface area contributed by atoms with Gasteiger partial charge in [0.1, 0.15) is 18.2 Å². The van der Waals surface area contributed by atoms with Gasteiger partial charge in [-0.1, -0.05) is 35.9 Å². The number of nitrogens with two attached hydrogens (primary N) is 1. The number of ketones is 1. The van der Waals surface area contributed by atoms with Crippen LogP contribution in [0.1, 0.15) is 21.5 Å². The number of hydrogen-bond donors (Lipinski definition) is 3. The Bertz CT molecular complexity index is 1110. The molecule has 1 heterocycles. The van der Waals surface area contributed by atoms with Gasteiger partial charge in [0.15, 0.2) is 5.78 Å². The Hall–Kier alpha value is -3.50. The number of allylic oxidation sites excluding steroid dienone is 1. The fraction of sp³-hybridized carbons (Fsp3) is 0.259. The molecule has 3 aromatic rings. The van der Waals surface area contributed by atoms with E-state index >= 15 is 0 Å². The zero-order valence-corrected chi connectivity index (χ0v) is 21.1. The minimum Gasteiger partial charge on any atom is -0.496 e. The zero-order chi connectivity index (χ0) is 26.3. The number of hydrogen-bond acceptors (Lipinski definition) is 9. The Morgan fingerprint density at radius 1 is 1.11 bits per heavy atom. The SMILES string of the molecule is COc1cc(OCC(CO)CO)c(-c2cccs2)cc1/C=C/C(=O)c1ccc(C)cc1.NCOC=O. The number of carbonyl (C=O) groups is 2. The van der Waals surface area contributed by atoms with Gasteiger partial charge >= 0.3 is 0 Å². The van der Waals surface area contributed by atoms with Gasteiger partial charge in [-0.2, -0.15) is 0 Å². The standard InChI is InChI=1S/C25H26O5S.C2H5NO2/c1-17-5-7-19(8-6-17)22(28)10-9-20-12-21(25-4-3-11-31-25)24(13-23(20)29-2)30-16-18(14-26)15-27;3-1-5-2-4/h3-13,18,26-27H,14-16H2,1-2H3;2H,1,3H2/b10-9+;. The molecule has 0 aliphatic rings. The van der Waals surface area contributed by atoms with Gasteiger partial charge in [0.2, 0.25) is 0 Å². The number of aryl methyl sites for hydroxylation is 1. The van der Waals surface area contributed by atoms with Crippen molar-refractivity contribution in [1.82, 2.24) is 0 Å². The third kappa shape index (κ3) is 8.62. The van der Waals surface area contributed by atoms with Crippen molar-refractivity contribution in [2.75, 3.05) is 33.7 Å². The van der Waals surface area contributed by atoms with Crippen molar-refractivity contribution in [3.8, 4) is 21.9 Å². The molecule has 0 unspecified atom stereocenters. The van der Waals surface area contributed by atoms with Crippen LogP contribution in [-0.4, -0.2) is 56.1 Å². The number of ether oxygens (including phenoxy) is 3. The maximum Gasteiger partial charge on any atom is 0.294 e. The molecule has 3 rings (SSSR count). The van der Waals surface area contributed by atoms with Gasteiger partial charge < -0.3 is 24.4 Å². The molecule has 0 saturated carbocycles. The largest absolute Gasteiger partial charge is 0.496 e. The predicted molar refractivity (Wildman–Crippen MR) is 140 cm³/mol. The molecule has 1 aromatic heterocycles. The van der Waals surface area contributed by atoms with E-state index in [-0.39, 0.29) is 38.3 Å². The molecule has 0 aliphatic carbocycles. The maximum absolute atomic E-state index is 12.6. The Labute approximate surface area is 214 Å². The molecule has 0 bridgehead atoms. The number of methoxy groups -OCH3 is 1. The van der Waals surface area contributed by atoms with Gasteiger partial charge in [-0.05, 0) is 36.6 Å². The Morgan fingerprint density at radius 2 is 1.83 bits per heavy atom. The van der Waals surface area contributed by atoms with Gasteiger partial charge in [-0.3, -0.25) is 15.3 Å². The second-order valence-corrected chi connectivity index (χ2v) is 8.55. The van der Waals surface area contributed by atoms with Crippen LogP contribution in [-0.2, 0) is 9.53 Å². The van der Waals surface area contributed by atoms with Crippen molar-refractivity contribution in [1.29, 1.82) is 0 Å². The molecular weight excluding hydrogens is 482 g/mol. The summed E-state index contributed by atoms with van der Waals surface area (Å²) in [7, 11) is 1.56. The second-order valence-electron chi connectivity index (χ2n) is 7.60. The topological polar surface area (TPSA) is 128 Å². The van der Waals surface area contributed by atoms with Crippen LogP contribution in [0.25, 0.3) is 16.5 Å². The van der Waals surface area contributed by atoms with Crippen LogP contribution in [0.3, 0.4) is 0 Å². The maximum atomic E-state index is 12.6. The molecule has 8 nitrogen and oxygen atoms in total. The van der Waals surface area contributed by atoms with Crippen molar-refractivity contribution < 1.29 is 34.0 Å². The molecule has 0 aliphatic heterocycles. The van der Waals surface area contributed by atoms with Gasteiger partial charge in [0.25, 0.3) is 6.47 Å². The van der Waals surface area contributed by atoms with E-state index in [0.717, 1.165) is 21.6 Å². The second kappa shape index (κ2) is 15.5. The summed E-state index contributed by atoms with van der Waals surface area (Å²) in [5.41, 5.74) is 8.01. The van der Waals surface area contributed by atoms with E-state index in [1.54, 1.807) is 30.6 Å². The number of aliphatic hydroxyl groups is 2. The minimum absolute atomic E-state index is 0.0243. The number of benzene rings is 2. The number of aliphatic hydroxyl groups excluding tert-OH is 2. The van der Waals surface area contributed by atoms with Crippen LogP contribution in [0.15, 0.2) is 60.0 Å². The summed E-state index contributed by atoms with van der Waals surface area (Å²) in [5.74, 6) is 0.698. The predicted octanol–water partition coefficient (Wildman–Crippen LogP) is 3.68. The van der Waals surface area contributed by atoms with Gasteiger partial charge in [-0.25, -0.2) is 0 Å². The summed E-state index contributed by atoms with van der Waals surface area (Å²) < 4.78 is 15.4. The summed E-state index contributed by atoms with van der Waals surface area (Å²) in [5, 5.41) is 20.6. The van der Waals surface area contributed by atoms with Crippen LogP contribution in [0.5, 0.6) is 11.5 Å². The minimum atomic E-state index is -0.367. The molecule has 2 aromatic carbocycles. The van der Waals surface area contributed by atoms with E-state index < -0.39 is 0 Å². The van der Waals surface area contributed by atoms with Crippen molar-refractivity contribution in [3.05, 3.63) is 76.7 Å². The molecular formula is C27H31NO7S. The molecule has 0 radical (unpaired) electrons. The normalized spacial score (nSPS) is 10.6. The van der Waals surface area contributed by atoms with Crippen LogP contribution >= 0.6 is 11.3 Å². The summed E-state index contributed by atoms with van der Waals surface area (Å²) in [6.07, 6.45) is 3.28. The van der Waals surface area contributed by atoms with Crippen LogP contribution in [0.2, 0.25) is 0 Å². The summed E-state index contributed by atoms with van der Waals surface area (Å²) in [6.45, 7) is 2.11. The molecule has 0 atom stereocenters. The van der Waals surface area contributed by atoms with E-state index in [0.29, 0.717) is 23.5 Å². The smallest absolute Gasteiger partial charge is 0.294 e. The Balaban J connectivity index is 0.000000830. The lowest BCUT2D eigenvalue weighted by Crippen LogP contribution is -2.20. The average Bonchev–Trinajstić information content (AvgIpc) is 3.44. The van der Waals surface area contributed by atoms with Crippen LogP contribution < -0.4 is 15.2 Å². The highest BCUT2D eigenvalue weighted by Crippen LogP contribution is 2.39. The van der Waals surface area contributed by atoms with Crippen LogP contribution in [0.4, 0.5) is 0 Å². The first-order valence-electron chi connectivity index (χ1n) is 11.1. The quantitative estimate of drug-likeness (QED) is 0.145. The Morgan fingerprint density at radius 3 is 2.36 bits per heavy atom. The number of thiophene rings is 1. The molecule has 0 saturated heterocycles. The molecule has 0 fully saturated rings. The number of carbonyl (C=O) groups excluding carboxylic acids is 2. The lowest BCUT2D eigenvalue weighted by molar-refractivity contribution is -0.128. The highest BCUT2D eigenvalue weighted by molar-refractivity contribution is 7.13. The summed E-state index contributed by atoms with van der Waals surface area (Å²) in [6, 6.07) is 15.1. The molecule has 9 heteroatoms. The van der Waals surface area contributed by atoms with E-state index in [2.05, 4.69) is 10.5 Å². The van der Waals surface area contributed by atoms with Crippen molar-refractivity contribution in [2.24, 2.45) is 11.7 Å². The Kier molecular flexibility index (Phi) is 12.4. The van der Waals surface area contributed by atoms with E-state index in [1.807, 2.05) is 54.8 Å². The molecule has 36 heavy (non-hydrogen) atoms. The highest BCUT2D eigenvalue weighted by Gasteiger charge is 2.15. The van der Waals surface area contributed by atoms with E-state index in [9.17, 15) is 15.0 Å². The summed E-state index contributed by atoms with van der Waals surface area (Å²) >= 11 is 1.57. The fourth-order valence-electron chi connectivity index (χ4n) is 3.02. The van der Waals surface area contributed by atoms with Crippen molar-refractivity contribution in [3.63, 3.8) is 0 Å². The van der Waals surface area contributed by atoms with Gasteiger partial charge in [-0.15, -0.1) is 11.3 Å². The first kappa shape index (κ1) is 28.7. The molecule has 4 N–H and O–H groups in total. The van der Waals surface area contributed by atoms with E-state index in [1.165, 1.54) is 6.08 Å². The molecule has 0 spiro atoms. The number of rotatable bonds is 12. The third-order valence-corrected chi connectivity index (χ3v) is 5.93. The highest BCUT2D eigenvalue weighted by atomic mass is 32.1. The third-order valence-electron chi connectivity index (χ3n) is 5.02. The van der Waals surface area contributed by atoms with Gasteiger partial charge in [0.05, 0.1) is 26.9 Å². The lowest BCUT2D eigenvalue weighted by atomic mass is 10.0. The van der Waals surface area contributed by atoms with Crippen LogP contribution in [0, 0.1) is 12.8 Å². The molecule has 0 amide bonds.